The molecular formula is C11H6N4O4. The van der Waals surface area contributed by atoms with Crippen LogP contribution < -0.4 is 11.2 Å². The Hall–Kier alpha value is -3.21. The summed E-state index contributed by atoms with van der Waals surface area (Å²) in [7, 11) is 0. The van der Waals surface area contributed by atoms with Gasteiger partial charge in [0.05, 0.1) is 11.3 Å². The zero-order chi connectivity index (χ0) is 14.0. The molecular weight excluding hydrogens is 252 g/mol. The summed E-state index contributed by atoms with van der Waals surface area (Å²) in [4.78, 5) is 35.3. The standard InChI is InChI=1S/C11H6N4O4/c12-5-8-9(16)13-11(19)15(14-8)7-3-1-6(2-4-7)10(17)18/h1-4H,(H,17,18)(H,13,16,19). The maximum Gasteiger partial charge on any atom is 0.349 e. The largest absolute Gasteiger partial charge is 0.478 e. The molecule has 0 spiro atoms. The second kappa shape index (κ2) is 4.58. The van der Waals surface area contributed by atoms with Crippen LogP contribution in [0.1, 0.15) is 16.1 Å². The van der Waals surface area contributed by atoms with Crippen LogP contribution in [-0.2, 0) is 0 Å². The zero-order valence-electron chi connectivity index (χ0n) is 9.32. The Morgan fingerprint density at radius 1 is 1.32 bits per heavy atom. The van der Waals surface area contributed by atoms with Gasteiger partial charge in [0.15, 0.2) is 0 Å². The van der Waals surface area contributed by atoms with E-state index in [1.165, 1.54) is 24.3 Å². The minimum absolute atomic E-state index is 0.0433. The van der Waals surface area contributed by atoms with Gasteiger partial charge in [0.1, 0.15) is 6.07 Å². The highest BCUT2D eigenvalue weighted by Crippen LogP contribution is 2.06. The Morgan fingerprint density at radius 3 is 2.47 bits per heavy atom. The third-order valence-electron chi connectivity index (χ3n) is 2.29. The average molecular weight is 258 g/mol. The van der Waals surface area contributed by atoms with Crippen molar-refractivity contribution in [2.45, 2.75) is 0 Å². The number of carboxylic acids is 1. The topological polar surface area (TPSA) is 129 Å². The van der Waals surface area contributed by atoms with Crippen LogP contribution in [0.3, 0.4) is 0 Å². The second-order valence-corrected chi connectivity index (χ2v) is 3.48. The molecule has 1 aromatic carbocycles. The second-order valence-electron chi connectivity index (χ2n) is 3.48. The molecule has 0 saturated heterocycles. The normalized spacial score (nSPS) is 9.84. The molecule has 0 aliphatic carbocycles. The number of nitrogens with one attached hydrogen (secondary N) is 1. The number of carbonyl (C=O) groups is 1. The van der Waals surface area contributed by atoms with E-state index in [1.807, 2.05) is 4.98 Å². The van der Waals surface area contributed by atoms with Crippen LogP contribution in [0.25, 0.3) is 5.69 Å². The molecule has 0 radical (unpaired) electrons. The number of nitriles is 1. The number of hydrogen-bond donors (Lipinski definition) is 2. The number of benzene rings is 1. The van der Waals surface area contributed by atoms with E-state index in [2.05, 4.69) is 5.10 Å². The number of rotatable bonds is 2. The quantitative estimate of drug-likeness (QED) is 0.746. The third-order valence-corrected chi connectivity index (χ3v) is 2.29. The summed E-state index contributed by atoms with van der Waals surface area (Å²) in [6.07, 6.45) is 0. The van der Waals surface area contributed by atoms with Crippen molar-refractivity contribution in [1.29, 1.82) is 5.26 Å². The van der Waals surface area contributed by atoms with Crippen molar-refractivity contribution in [2.75, 3.05) is 0 Å². The van der Waals surface area contributed by atoms with E-state index in [9.17, 15) is 14.4 Å². The Balaban J connectivity index is 2.59. The highest BCUT2D eigenvalue weighted by molar-refractivity contribution is 5.87. The third kappa shape index (κ3) is 2.25. The molecule has 2 N–H and O–H groups in total. The van der Waals surface area contributed by atoms with Crippen molar-refractivity contribution in [1.82, 2.24) is 14.8 Å². The van der Waals surface area contributed by atoms with E-state index in [0.29, 0.717) is 0 Å². The lowest BCUT2D eigenvalue weighted by atomic mass is 10.2. The van der Waals surface area contributed by atoms with Gasteiger partial charge in [0, 0.05) is 0 Å². The van der Waals surface area contributed by atoms with Gasteiger partial charge in [0.2, 0.25) is 5.69 Å². The highest BCUT2D eigenvalue weighted by atomic mass is 16.4. The van der Waals surface area contributed by atoms with Gasteiger partial charge in [-0.2, -0.15) is 9.94 Å². The molecule has 0 fully saturated rings. The van der Waals surface area contributed by atoms with Crippen LogP contribution in [0.2, 0.25) is 0 Å². The lowest BCUT2D eigenvalue weighted by Gasteiger charge is -2.03. The fourth-order valence-corrected chi connectivity index (χ4v) is 1.39. The molecule has 0 aliphatic rings. The van der Waals surface area contributed by atoms with Crippen molar-refractivity contribution in [3.05, 3.63) is 56.4 Å². The Morgan fingerprint density at radius 2 is 1.95 bits per heavy atom. The first kappa shape index (κ1) is 12.3. The molecule has 8 nitrogen and oxygen atoms in total. The van der Waals surface area contributed by atoms with Crippen molar-refractivity contribution in [2.24, 2.45) is 0 Å². The van der Waals surface area contributed by atoms with E-state index < -0.39 is 22.9 Å². The van der Waals surface area contributed by atoms with Crippen molar-refractivity contribution in [3.8, 4) is 11.8 Å². The smallest absolute Gasteiger partial charge is 0.349 e. The Kier molecular flexibility index (Phi) is 2.95. The number of aromatic amines is 1. The zero-order valence-corrected chi connectivity index (χ0v) is 9.32. The SMILES string of the molecule is N#Cc1nn(-c2ccc(C(=O)O)cc2)c(=O)[nH]c1=O. The average Bonchev–Trinajstić information content (AvgIpc) is 2.39. The van der Waals surface area contributed by atoms with Gasteiger partial charge >= 0.3 is 11.7 Å². The van der Waals surface area contributed by atoms with Crippen molar-refractivity contribution < 1.29 is 9.90 Å². The lowest BCUT2D eigenvalue weighted by molar-refractivity contribution is 0.0697. The van der Waals surface area contributed by atoms with E-state index in [4.69, 9.17) is 10.4 Å². The van der Waals surface area contributed by atoms with Crippen LogP contribution in [0.5, 0.6) is 0 Å². The molecule has 1 aromatic heterocycles. The number of H-pyrrole nitrogens is 1. The maximum atomic E-state index is 11.5. The van der Waals surface area contributed by atoms with Gasteiger partial charge in [-0.15, -0.1) is 5.10 Å². The van der Waals surface area contributed by atoms with E-state index in [1.54, 1.807) is 6.07 Å². The van der Waals surface area contributed by atoms with Crippen LogP contribution in [-0.4, -0.2) is 25.8 Å². The van der Waals surface area contributed by atoms with E-state index in [-0.39, 0.29) is 11.3 Å². The van der Waals surface area contributed by atoms with Crippen LogP contribution in [0, 0.1) is 11.3 Å². The molecule has 0 amide bonds. The van der Waals surface area contributed by atoms with Crippen molar-refractivity contribution in [3.63, 3.8) is 0 Å². The molecule has 94 valence electrons. The molecule has 8 heteroatoms. The van der Waals surface area contributed by atoms with E-state index >= 15 is 0 Å². The minimum atomic E-state index is -1.11. The number of hydrogen-bond acceptors (Lipinski definition) is 5. The molecule has 0 aliphatic heterocycles. The fourth-order valence-electron chi connectivity index (χ4n) is 1.39. The number of aromatic nitrogens is 3. The molecule has 0 bridgehead atoms. The summed E-state index contributed by atoms with van der Waals surface area (Å²) in [6, 6.07) is 6.80. The molecule has 2 aromatic rings. The summed E-state index contributed by atoms with van der Waals surface area (Å²) in [5, 5.41) is 21.0. The maximum absolute atomic E-state index is 11.5. The molecule has 0 atom stereocenters. The summed E-state index contributed by atoms with van der Waals surface area (Å²) in [6.45, 7) is 0. The first-order chi connectivity index (χ1) is 9.02. The van der Waals surface area contributed by atoms with Gasteiger partial charge in [-0.05, 0) is 24.3 Å². The van der Waals surface area contributed by atoms with Crippen molar-refractivity contribution >= 4 is 5.97 Å². The van der Waals surface area contributed by atoms with Gasteiger partial charge < -0.3 is 5.11 Å². The predicted molar refractivity (Wildman–Crippen MR) is 62.1 cm³/mol. The summed E-state index contributed by atoms with van der Waals surface area (Å²) < 4.78 is 0.811. The monoisotopic (exact) mass is 258 g/mol. The van der Waals surface area contributed by atoms with Gasteiger partial charge in [0.25, 0.3) is 5.56 Å². The summed E-state index contributed by atoms with van der Waals surface area (Å²) in [5.74, 6) is -1.11. The number of carboxylic acid groups (broad SMARTS) is 1. The van der Waals surface area contributed by atoms with E-state index in [0.717, 1.165) is 4.68 Å². The first-order valence-electron chi connectivity index (χ1n) is 5.00. The molecule has 2 rings (SSSR count). The Labute approximate surface area is 105 Å². The lowest BCUT2D eigenvalue weighted by Crippen LogP contribution is -2.33. The highest BCUT2D eigenvalue weighted by Gasteiger charge is 2.08. The first-order valence-corrected chi connectivity index (χ1v) is 5.00. The summed E-state index contributed by atoms with van der Waals surface area (Å²) >= 11 is 0. The predicted octanol–water partition coefficient (Wildman–Crippen LogP) is -0.509. The minimum Gasteiger partial charge on any atom is -0.478 e. The number of aromatic carboxylic acids is 1. The molecule has 0 unspecified atom stereocenters. The Bertz CT molecular complexity index is 795. The molecule has 19 heavy (non-hydrogen) atoms. The van der Waals surface area contributed by atoms with Crippen LogP contribution in [0.15, 0.2) is 33.9 Å². The van der Waals surface area contributed by atoms with Gasteiger partial charge in [-0.1, -0.05) is 0 Å². The fraction of sp³-hybridized carbons (Fsp3) is 0. The van der Waals surface area contributed by atoms with Crippen LogP contribution >= 0.6 is 0 Å². The van der Waals surface area contributed by atoms with Gasteiger partial charge in [-0.3, -0.25) is 9.78 Å². The van der Waals surface area contributed by atoms with Crippen LogP contribution in [0.4, 0.5) is 0 Å². The molecule has 0 saturated carbocycles. The number of nitrogens with zero attached hydrogens (tertiary/aromatic N) is 3. The molecule has 1 heterocycles. The van der Waals surface area contributed by atoms with Gasteiger partial charge in [-0.25, -0.2) is 9.59 Å². The summed E-state index contributed by atoms with van der Waals surface area (Å²) in [5.41, 5.74) is -1.86.